The maximum atomic E-state index is 10.9. The summed E-state index contributed by atoms with van der Waals surface area (Å²) in [4.78, 5) is 0. The Morgan fingerprint density at radius 3 is 1.44 bits per heavy atom. The number of aromatic hydroxyl groups is 2. The van der Waals surface area contributed by atoms with E-state index in [1.165, 1.54) is 89.0 Å². The molecule has 0 bridgehead atoms. The summed E-state index contributed by atoms with van der Waals surface area (Å²) >= 11 is 0. The summed E-state index contributed by atoms with van der Waals surface area (Å²) in [6, 6.07) is 8.21. The second-order valence-corrected chi connectivity index (χ2v) is 10.5. The SMILES string of the molecule is CCCCCCCCCCCCCCCCc1cc(C)cc(Cc2cc(C)cc(C)c2O)c1O. The summed E-state index contributed by atoms with van der Waals surface area (Å²) in [5.74, 6) is 0.763. The fourth-order valence-electron chi connectivity index (χ4n) is 5.16. The summed E-state index contributed by atoms with van der Waals surface area (Å²) in [6.45, 7) is 8.36. The minimum Gasteiger partial charge on any atom is -0.507 e. The van der Waals surface area contributed by atoms with Crippen LogP contribution in [0.2, 0.25) is 0 Å². The number of phenolic OH excluding ortho intramolecular Hbond substituents is 2. The first-order valence-electron chi connectivity index (χ1n) is 14.0. The Hall–Kier alpha value is -1.96. The molecule has 2 rings (SSSR count). The van der Waals surface area contributed by atoms with Gasteiger partial charge in [0.2, 0.25) is 0 Å². The molecule has 0 saturated heterocycles. The van der Waals surface area contributed by atoms with E-state index >= 15 is 0 Å². The molecule has 2 aromatic rings. The molecular formula is C32H50O2. The quantitative estimate of drug-likeness (QED) is 0.228. The number of benzene rings is 2. The highest BCUT2D eigenvalue weighted by Gasteiger charge is 2.13. The molecule has 0 unspecified atom stereocenters. The van der Waals surface area contributed by atoms with Crippen LogP contribution in [-0.2, 0) is 12.8 Å². The summed E-state index contributed by atoms with van der Waals surface area (Å²) in [7, 11) is 0. The van der Waals surface area contributed by atoms with Crippen LogP contribution in [0.1, 0.15) is 130 Å². The number of phenols is 2. The molecule has 190 valence electrons. The fourth-order valence-corrected chi connectivity index (χ4v) is 5.16. The molecule has 0 spiro atoms. The van der Waals surface area contributed by atoms with Gasteiger partial charge in [0.1, 0.15) is 11.5 Å². The molecule has 2 heteroatoms. The van der Waals surface area contributed by atoms with Gasteiger partial charge in [0.05, 0.1) is 0 Å². The Balaban J connectivity index is 1.68. The molecule has 0 radical (unpaired) electrons. The first-order valence-corrected chi connectivity index (χ1v) is 14.0. The maximum absolute atomic E-state index is 10.9. The molecule has 0 heterocycles. The predicted molar refractivity (Wildman–Crippen MR) is 147 cm³/mol. The van der Waals surface area contributed by atoms with Gasteiger partial charge in [-0.25, -0.2) is 0 Å². The molecular weight excluding hydrogens is 416 g/mol. The first kappa shape index (κ1) is 28.3. The lowest BCUT2D eigenvalue weighted by Crippen LogP contribution is -1.97. The Kier molecular flexibility index (Phi) is 13.2. The van der Waals surface area contributed by atoms with E-state index in [0.717, 1.165) is 40.7 Å². The van der Waals surface area contributed by atoms with E-state index in [1.54, 1.807) is 0 Å². The van der Waals surface area contributed by atoms with E-state index in [-0.39, 0.29) is 0 Å². The van der Waals surface area contributed by atoms with Crippen LogP contribution in [0.5, 0.6) is 11.5 Å². The van der Waals surface area contributed by atoms with Gasteiger partial charge in [0.15, 0.2) is 0 Å². The largest absolute Gasteiger partial charge is 0.507 e. The standard InChI is InChI=1S/C32H50O2/c1-5-6-7-8-9-10-11-12-13-14-15-16-17-18-19-28-21-26(3)23-30(32(28)34)24-29-22-25(2)20-27(4)31(29)33/h20-23,33-34H,5-19,24H2,1-4H3. The van der Waals surface area contributed by atoms with E-state index in [0.29, 0.717) is 17.9 Å². The average Bonchev–Trinajstić information content (AvgIpc) is 2.80. The summed E-state index contributed by atoms with van der Waals surface area (Å²) in [5.41, 5.74) is 6.07. The zero-order valence-corrected chi connectivity index (χ0v) is 22.5. The van der Waals surface area contributed by atoms with Crippen molar-refractivity contribution < 1.29 is 10.2 Å². The molecule has 0 aromatic heterocycles. The van der Waals surface area contributed by atoms with Gasteiger partial charge >= 0.3 is 0 Å². The van der Waals surface area contributed by atoms with Crippen molar-refractivity contribution >= 4 is 0 Å². The molecule has 34 heavy (non-hydrogen) atoms. The highest BCUT2D eigenvalue weighted by molar-refractivity contribution is 5.50. The van der Waals surface area contributed by atoms with Gasteiger partial charge in [0.25, 0.3) is 0 Å². The Morgan fingerprint density at radius 1 is 0.500 bits per heavy atom. The molecule has 2 N–H and O–H groups in total. The van der Waals surface area contributed by atoms with Crippen LogP contribution < -0.4 is 0 Å². The van der Waals surface area contributed by atoms with Crippen LogP contribution in [0.4, 0.5) is 0 Å². The monoisotopic (exact) mass is 466 g/mol. The van der Waals surface area contributed by atoms with Gasteiger partial charge in [-0.15, -0.1) is 0 Å². The van der Waals surface area contributed by atoms with Gasteiger partial charge in [-0.3, -0.25) is 0 Å². The number of aryl methyl sites for hydroxylation is 4. The number of hydrogen-bond acceptors (Lipinski definition) is 2. The lowest BCUT2D eigenvalue weighted by atomic mass is 9.94. The lowest BCUT2D eigenvalue weighted by Gasteiger charge is -2.14. The van der Waals surface area contributed by atoms with Crippen LogP contribution in [0.25, 0.3) is 0 Å². The topological polar surface area (TPSA) is 40.5 Å². The molecule has 0 atom stereocenters. The summed E-state index contributed by atoms with van der Waals surface area (Å²) in [5, 5.41) is 21.4. The third kappa shape index (κ3) is 10.1. The van der Waals surface area contributed by atoms with Crippen LogP contribution >= 0.6 is 0 Å². The number of rotatable bonds is 17. The van der Waals surface area contributed by atoms with Gasteiger partial charge in [0, 0.05) is 6.42 Å². The minimum absolute atomic E-state index is 0.347. The average molecular weight is 467 g/mol. The van der Waals surface area contributed by atoms with Gasteiger partial charge < -0.3 is 10.2 Å². The van der Waals surface area contributed by atoms with Crippen molar-refractivity contribution in [3.05, 3.63) is 57.6 Å². The van der Waals surface area contributed by atoms with Crippen LogP contribution in [0.3, 0.4) is 0 Å². The lowest BCUT2D eigenvalue weighted by molar-refractivity contribution is 0.455. The van der Waals surface area contributed by atoms with Crippen molar-refractivity contribution in [2.45, 2.75) is 130 Å². The van der Waals surface area contributed by atoms with Gasteiger partial charge in [-0.2, -0.15) is 0 Å². The van der Waals surface area contributed by atoms with E-state index in [1.807, 2.05) is 26.0 Å². The summed E-state index contributed by atoms with van der Waals surface area (Å²) < 4.78 is 0. The van der Waals surface area contributed by atoms with Crippen molar-refractivity contribution in [1.82, 2.24) is 0 Å². The molecule has 0 fully saturated rings. The smallest absolute Gasteiger partial charge is 0.122 e. The van der Waals surface area contributed by atoms with Crippen LogP contribution in [0.15, 0.2) is 24.3 Å². The van der Waals surface area contributed by atoms with E-state index < -0.39 is 0 Å². The van der Waals surface area contributed by atoms with Gasteiger partial charge in [-0.05, 0) is 55.9 Å². The Labute approximate surface area is 209 Å². The van der Waals surface area contributed by atoms with Gasteiger partial charge in [-0.1, -0.05) is 126 Å². The molecule has 0 aliphatic rings. The summed E-state index contributed by atoms with van der Waals surface area (Å²) in [6.07, 6.45) is 20.5. The molecule has 2 aromatic carbocycles. The zero-order chi connectivity index (χ0) is 24.8. The molecule has 0 aliphatic heterocycles. The van der Waals surface area contributed by atoms with E-state index in [4.69, 9.17) is 0 Å². The number of unbranched alkanes of at least 4 members (excludes halogenated alkanes) is 13. The van der Waals surface area contributed by atoms with Crippen molar-refractivity contribution in [2.75, 3.05) is 0 Å². The molecule has 0 amide bonds. The highest BCUT2D eigenvalue weighted by Crippen LogP contribution is 2.32. The third-order valence-corrected chi connectivity index (χ3v) is 7.12. The van der Waals surface area contributed by atoms with E-state index in [2.05, 4.69) is 26.0 Å². The normalized spacial score (nSPS) is 11.3. The second kappa shape index (κ2) is 15.8. The first-order chi connectivity index (χ1) is 16.4. The maximum Gasteiger partial charge on any atom is 0.122 e. The molecule has 0 saturated carbocycles. The molecule has 2 nitrogen and oxygen atoms in total. The van der Waals surface area contributed by atoms with Crippen LogP contribution in [0, 0.1) is 20.8 Å². The van der Waals surface area contributed by atoms with Crippen LogP contribution in [-0.4, -0.2) is 10.2 Å². The predicted octanol–water partition coefficient (Wildman–Crippen LogP) is 9.64. The Bertz CT molecular complexity index is 853. The fraction of sp³-hybridized carbons (Fsp3) is 0.625. The second-order valence-electron chi connectivity index (χ2n) is 10.5. The Morgan fingerprint density at radius 2 is 0.912 bits per heavy atom. The molecule has 0 aliphatic carbocycles. The van der Waals surface area contributed by atoms with E-state index in [9.17, 15) is 10.2 Å². The third-order valence-electron chi connectivity index (χ3n) is 7.12. The van der Waals surface area contributed by atoms with Crippen molar-refractivity contribution in [1.29, 1.82) is 0 Å². The number of hydrogen-bond donors (Lipinski definition) is 2. The minimum atomic E-state index is 0.347. The highest BCUT2D eigenvalue weighted by atomic mass is 16.3. The van der Waals surface area contributed by atoms with Crippen molar-refractivity contribution in [2.24, 2.45) is 0 Å². The van der Waals surface area contributed by atoms with Crippen molar-refractivity contribution in [3.63, 3.8) is 0 Å². The van der Waals surface area contributed by atoms with Crippen molar-refractivity contribution in [3.8, 4) is 11.5 Å². The zero-order valence-electron chi connectivity index (χ0n) is 22.5.